The number of hydrogen-bond donors (Lipinski definition) is 0. The van der Waals surface area contributed by atoms with Crippen molar-refractivity contribution in [3.8, 4) is 0 Å². The zero-order valence-corrected chi connectivity index (χ0v) is 18.1. The second-order valence-corrected chi connectivity index (χ2v) is 8.26. The maximum Gasteiger partial charge on any atom is 0.179 e. The Kier molecular flexibility index (Phi) is 15.7. The lowest BCUT2D eigenvalue weighted by Gasteiger charge is -2.20. The molecular weight excluding hydrogens is 308 g/mol. The Morgan fingerprint density at radius 1 is 0.720 bits per heavy atom. The van der Waals surface area contributed by atoms with E-state index in [0.29, 0.717) is 13.2 Å². The summed E-state index contributed by atoms with van der Waals surface area (Å²) in [7, 11) is 0. The van der Waals surface area contributed by atoms with Gasteiger partial charge in [0.05, 0.1) is 0 Å². The second kappa shape index (κ2) is 15.9. The van der Waals surface area contributed by atoms with Crippen molar-refractivity contribution in [2.24, 2.45) is 17.8 Å². The van der Waals surface area contributed by atoms with Crippen molar-refractivity contribution < 1.29 is 9.47 Å². The van der Waals surface area contributed by atoms with Crippen LogP contribution in [0.3, 0.4) is 0 Å². The van der Waals surface area contributed by atoms with Gasteiger partial charge in [-0.2, -0.15) is 0 Å². The molecule has 25 heavy (non-hydrogen) atoms. The molecule has 0 saturated heterocycles. The minimum absolute atomic E-state index is 0.211. The van der Waals surface area contributed by atoms with Gasteiger partial charge < -0.3 is 9.47 Å². The van der Waals surface area contributed by atoms with Gasteiger partial charge in [-0.15, -0.1) is 0 Å². The summed E-state index contributed by atoms with van der Waals surface area (Å²) in [4.78, 5) is 0. The molecule has 0 heterocycles. The van der Waals surface area contributed by atoms with Gasteiger partial charge in [0.25, 0.3) is 0 Å². The smallest absolute Gasteiger partial charge is 0.179 e. The first-order valence-corrected chi connectivity index (χ1v) is 10.8. The molecule has 0 aromatic heterocycles. The van der Waals surface area contributed by atoms with Gasteiger partial charge in [-0.1, -0.05) is 79.2 Å². The van der Waals surface area contributed by atoms with Crippen molar-refractivity contribution >= 4 is 0 Å². The Labute approximate surface area is 158 Å². The fraction of sp³-hybridized carbons (Fsp3) is 0.913. The summed E-state index contributed by atoms with van der Waals surface area (Å²) in [6, 6.07) is 0. The van der Waals surface area contributed by atoms with E-state index in [1.165, 1.54) is 51.4 Å². The molecule has 0 rings (SSSR count). The highest BCUT2D eigenvalue weighted by molar-refractivity contribution is 4.98. The molecule has 0 amide bonds. The van der Waals surface area contributed by atoms with Gasteiger partial charge in [0, 0.05) is 13.2 Å². The molecule has 2 atom stereocenters. The standard InChI is InChI=1S/C23H46O2/c1-8-24-23(25-9-2)22(7)18-12-17-21(6)16-11-15-20(5)14-10-13-19(3)4/h19-21,23H,7-18H2,1-6H3. The van der Waals surface area contributed by atoms with Crippen molar-refractivity contribution in [1.29, 1.82) is 0 Å². The van der Waals surface area contributed by atoms with Crippen LogP contribution in [0.2, 0.25) is 0 Å². The first-order valence-electron chi connectivity index (χ1n) is 10.8. The van der Waals surface area contributed by atoms with Crippen LogP contribution in [0, 0.1) is 17.8 Å². The predicted molar refractivity (Wildman–Crippen MR) is 111 cm³/mol. The van der Waals surface area contributed by atoms with E-state index in [-0.39, 0.29) is 6.29 Å². The van der Waals surface area contributed by atoms with E-state index in [9.17, 15) is 0 Å². The van der Waals surface area contributed by atoms with Crippen LogP contribution in [0.1, 0.15) is 99.3 Å². The van der Waals surface area contributed by atoms with Crippen LogP contribution in [0.25, 0.3) is 0 Å². The summed E-state index contributed by atoms with van der Waals surface area (Å²) in [6.07, 6.45) is 11.6. The third kappa shape index (κ3) is 14.5. The minimum Gasteiger partial charge on any atom is -0.349 e. The zero-order chi connectivity index (χ0) is 19.1. The molecule has 0 aromatic carbocycles. The highest BCUT2D eigenvalue weighted by atomic mass is 16.7. The van der Waals surface area contributed by atoms with Crippen molar-refractivity contribution in [2.75, 3.05) is 13.2 Å². The van der Waals surface area contributed by atoms with Gasteiger partial charge in [0.15, 0.2) is 6.29 Å². The van der Waals surface area contributed by atoms with Crippen molar-refractivity contribution in [2.45, 2.75) is 106 Å². The Morgan fingerprint density at radius 3 is 1.60 bits per heavy atom. The predicted octanol–water partition coefficient (Wildman–Crippen LogP) is 7.38. The van der Waals surface area contributed by atoms with Gasteiger partial charge >= 0.3 is 0 Å². The summed E-state index contributed by atoms with van der Waals surface area (Å²) in [6.45, 7) is 19.0. The monoisotopic (exact) mass is 354 g/mol. The second-order valence-electron chi connectivity index (χ2n) is 8.26. The van der Waals surface area contributed by atoms with E-state index >= 15 is 0 Å². The lowest BCUT2D eigenvalue weighted by Crippen LogP contribution is -2.19. The van der Waals surface area contributed by atoms with E-state index in [1.807, 2.05) is 13.8 Å². The highest BCUT2D eigenvalue weighted by Gasteiger charge is 2.13. The molecule has 0 aliphatic rings. The molecule has 2 unspecified atom stereocenters. The molecule has 0 aromatic rings. The summed E-state index contributed by atoms with van der Waals surface area (Å²) in [5, 5.41) is 0. The number of hydrogen-bond acceptors (Lipinski definition) is 2. The summed E-state index contributed by atoms with van der Waals surface area (Å²) in [5.41, 5.74) is 1.09. The maximum atomic E-state index is 5.62. The summed E-state index contributed by atoms with van der Waals surface area (Å²) < 4.78 is 11.2. The van der Waals surface area contributed by atoms with Crippen LogP contribution in [0.5, 0.6) is 0 Å². The number of rotatable bonds is 17. The maximum absolute atomic E-state index is 5.62. The molecule has 150 valence electrons. The van der Waals surface area contributed by atoms with Gasteiger partial charge in [-0.05, 0) is 50.0 Å². The zero-order valence-electron chi connectivity index (χ0n) is 18.1. The van der Waals surface area contributed by atoms with Gasteiger partial charge in [0.1, 0.15) is 0 Å². The molecule has 2 heteroatoms. The van der Waals surface area contributed by atoms with Crippen LogP contribution in [0.4, 0.5) is 0 Å². The van der Waals surface area contributed by atoms with Crippen LogP contribution >= 0.6 is 0 Å². The van der Waals surface area contributed by atoms with Gasteiger partial charge in [-0.25, -0.2) is 0 Å². The fourth-order valence-electron chi connectivity index (χ4n) is 3.36. The first kappa shape index (κ1) is 24.7. The SMILES string of the molecule is C=C(CCCC(C)CCCC(C)CCCC(C)C)C(OCC)OCC. The third-order valence-corrected chi connectivity index (χ3v) is 5.04. The largest absolute Gasteiger partial charge is 0.349 e. The summed E-state index contributed by atoms with van der Waals surface area (Å²) in [5.74, 6) is 2.56. The molecule has 0 bridgehead atoms. The Balaban J connectivity index is 3.75. The average Bonchev–Trinajstić information content (AvgIpc) is 2.54. The van der Waals surface area contributed by atoms with Crippen molar-refractivity contribution in [1.82, 2.24) is 0 Å². The summed E-state index contributed by atoms with van der Waals surface area (Å²) >= 11 is 0. The lowest BCUT2D eigenvalue weighted by atomic mass is 9.91. The van der Waals surface area contributed by atoms with E-state index in [4.69, 9.17) is 9.47 Å². The molecule has 2 nitrogen and oxygen atoms in total. The first-order chi connectivity index (χ1) is 11.9. The molecular formula is C23H46O2. The van der Waals surface area contributed by atoms with Gasteiger partial charge in [0.2, 0.25) is 0 Å². The van der Waals surface area contributed by atoms with Crippen molar-refractivity contribution in [3.05, 3.63) is 12.2 Å². The van der Waals surface area contributed by atoms with Crippen LogP contribution in [-0.4, -0.2) is 19.5 Å². The van der Waals surface area contributed by atoms with Crippen LogP contribution in [-0.2, 0) is 9.47 Å². The normalized spacial score (nSPS) is 14.2. The Morgan fingerprint density at radius 2 is 1.16 bits per heavy atom. The quantitative estimate of drug-likeness (QED) is 0.200. The van der Waals surface area contributed by atoms with Crippen LogP contribution < -0.4 is 0 Å². The molecule has 0 aliphatic heterocycles. The van der Waals surface area contributed by atoms with Gasteiger partial charge in [-0.3, -0.25) is 0 Å². The lowest BCUT2D eigenvalue weighted by molar-refractivity contribution is -0.112. The van der Waals surface area contributed by atoms with E-state index in [2.05, 4.69) is 34.3 Å². The molecule has 0 fully saturated rings. The van der Waals surface area contributed by atoms with E-state index in [0.717, 1.165) is 29.7 Å². The van der Waals surface area contributed by atoms with Crippen molar-refractivity contribution in [3.63, 3.8) is 0 Å². The number of ether oxygens (including phenoxy) is 2. The highest BCUT2D eigenvalue weighted by Crippen LogP contribution is 2.22. The van der Waals surface area contributed by atoms with Crippen LogP contribution in [0.15, 0.2) is 12.2 Å². The van der Waals surface area contributed by atoms with E-state index in [1.54, 1.807) is 0 Å². The average molecular weight is 355 g/mol. The van der Waals surface area contributed by atoms with E-state index < -0.39 is 0 Å². The molecule has 0 spiro atoms. The molecule has 0 saturated carbocycles. The Hall–Kier alpha value is -0.340. The fourth-order valence-corrected chi connectivity index (χ4v) is 3.36. The Bertz CT molecular complexity index is 305. The molecule has 0 N–H and O–H groups in total. The third-order valence-electron chi connectivity index (χ3n) is 5.04. The minimum atomic E-state index is -0.211. The topological polar surface area (TPSA) is 18.5 Å². The molecule has 0 aliphatic carbocycles. The molecule has 0 radical (unpaired) electrons.